The second-order valence-corrected chi connectivity index (χ2v) is 8.05. The van der Waals surface area contributed by atoms with Crippen LogP contribution in [0.2, 0.25) is 0 Å². The number of nitrogen functional groups attached to an aromatic ring is 1. The van der Waals surface area contributed by atoms with Crippen molar-refractivity contribution >= 4 is 27.6 Å². The van der Waals surface area contributed by atoms with E-state index < -0.39 is 10.0 Å². The van der Waals surface area contributed by atoms with Gasteiger partial charge in [-0.3, -0.25) is 4.68 Å². The van der Waals surface area contributed by atoms with Crippen LogP contribution in [0, 0.1) is 6.92 Å². The van der Waals surface area contributed by atoms with Crippen LogP contribution in [0.1, 0.15) is 31.4 Å². The molecule has 2 atom stereocenters. The summed E-state index contributed by atoms with van der Waals surface area (Å²) in [5, 5.41) is 4.50. The van der Waals surface area contributed by atoms with E-state index in [2.05, 4.69) is 16.1 Å². The molecule has 0 aliphatic heterocycles. The Balaban J connectivity index is 2.19. The minimum Gasteiger partial charge on any atom is -0.381 e. The molecule has 0 aromatic carbocycles. The first-order valence-corrected chi connectivity index (χ1v) is 9.46. The Kier molecular flexibility index (Phi) is 4.66. The van der Waals surface area contributed by atoms with Crippen molar-refractivity contribution in [2.24, 2.45) is 7.05 Å². The van der Waals surface area contributed by atoms with Gasteiger partial charge in [0.2, 0.25) is 10.0 Å². The number of nitrogens with one attached hydrogen (secondary N) is 1. The fourth-order valence-electron chi connectivity index (χ4n) is 2.69. The second-order valence-electron chi connectivity index (χ2n) is 5.27. The third-order valence-corrected chi connectivity index (χ3v) is 6.63. The summed E-state index contributed by atoms with van der Waals surface area (Å²) >= 11 is 1.81. The Morgan fingerprint density at radius 1 is 1.45 bits per heavy atom. The van der Waals surface area contributed by atoms with Crippen LogP contribution in [0.3, 0.4) is 0 Å². The van der Waals surface area contributed by atoms with Crippen LogP contribution in [0.4, 0.5) is 5.82 Å². The van der Waals surface area contributed by atoms with E-state index >= 15 is 0 Å². The molecule has 1 fully saturated rings. The molecule has 1 aromatic rings. The van der Waals surface area contributed by atoms with Crippen molar-refractivity contribution in [3.8, 4) is 0 Å². The summed E-state index contributed by atoms with van der Waals surface area (Å²) in [6.07, 6.45) is 6.05. The zero-order valence-corrected chi connectivity index (χ0v) is 13.7. The normalized spacial score (nSPS) is 23.9. The minimum atomic E-state index is -3.60. The first-order valence-electron chi connectivity index (χ1n) is 6.69. The molecule has 8 heteroatoms. The molecule has 1 saturated carbocycles. The molecule has 0 saturated heterocycles. The summed E-state index contributed by atoms with van der Waals surface area (Å²) in [4.78, 5) is 0.117. The highest BCUT2D eigenvalue weighted by Gasteiger charge is 2.30. The van der Waals surface area contributed by atoms with Crippen molar-refractivity contribution in [1.82, 2.24) is 14.5 Å². The van der Waals surface area contributed by atoms with Gasteiger partial charge in [-0.2, -0.15) is 16.9 Å². The number of rotatable bonds is 4. The Morgan fingerprint density at radius 3 is 2.70 bits per heavy atom. The van der Waals surface area contributed by atoms with Gasteiger partial charge < -0.3 is 5.73 Å². The summed E-state index contributed by atoms with van der Waals surface area (Å²) in [5.74, 6) is 0.0646. The van der Waals surface area contributed by atoms with Crippen molar-refractivity contribution in [3.63, 3.8) is 0 Å². The number of aromatic nitrogens is 2. The zero-order chi connectivity index (χ0) is 14.9. The first kappa shape index (κ1) is 15.7. The summed E-state index contributed by atoms with van der Waals surface area (Å²) in [7, 11) is -1.91. The fraction of sp³-hybridized carbons (Fsp3) is 0.750. The summed E-state index contributed by atoms with van der Waals surface area (Å²) in [6, 6.07) is -0.00907. The van der Waals surface area contributed by atoms with Crippen molar-refractivity contribution in [2.75, 3.05) is 12.0 Å². The molecule has 1 aromatic heterocycles. The molecule has 3 N–H and O–H groups in total. The van der Waals surface area contributed by atoms with Gasteiger partial charge in [0.15, 0.2) is 5.82 Å². The van der Waals surface area contributed by atoms with Crippen LogP contribution in [0.15, 0.2) is 4.90 Å². The van der Waals surface area contributed by atoms with Crippen molar-refractivity contribution < 1.29 is 8.42 Å². The highest BCUT2D eigenvalue weighted by atomic mass is 32.2. The number of thioether (sulfide) groups is 1. The van der Waals surface area contributed by atoms with E-state index in [1.807, 2.05) is 0 Å². The number of anilines is 1. The van der Waals surface area contributed by atoms with Crippen LogP contribution in [-0.4, -0.2) is 35.7 Å². The molecule has 0 radical (unpaired) electrons. The largest absolute Gasteiger partial charge is 0.381 e. The predicted molar refractivity (Wildman–Crippen MR) is 82.2 cm³/mol. The van der Waals surface area contributed by atoms with Gasteiger partial charge in [0.25, 0.3) is 0 Å². The van der Waals surface area contributed by atoms with E-state index in [-0.39, 0.29) is 16.8 Å². The molecule has 2 rings (SSSR count). The topological polar surface area (TPSA) is 90.0 Å². The third kappa shape index (κ3) is 3.12. The van der Waals surface area contributed by atoms with E-state index in [1.165, 1.54) is 4.68 Å². The maximum absolute atomic E-state index is 12.5. The van der Waals surface area contributed by atoms with Gasteiger partial charge in [-0.1, -0.05) is 6.42 Å². The fourth-order valence-corrected chi connectivity index (χ4v) is 5.13. The summed E-state index contributed by atoms with van der Waals surface area (Å²) in [5.41, 5.74) is 6.29. The number of hydrogen-bond donors (Lipinski definition) is 2. The Labute approximate surface area is 124 Å². The second kappa shape index (κ2) is 5.95. The van der Waals surface area contributed by atoms with Crippen LogP contribution < -0.4 is 10.5 Å². The van der Waals surface area contributed by atoms with Crippen LogP contribution >= 0.6 is 11.8 Å². The van der Waals surface area contributed by atoms with Gasteiger partial charge in [0.1, 0.15) is 4.90 Å². The molecule has 1 aliphatic rings. The van der Waals surface area contributed by atoms with E-state index in [1.54, 1.807) is 25.7 Å². The predicted octanol–water partition coefficient (Wildman–Crippen LogP) is 1.26. The lowest BCUT2D eigenvalue weighted by atomic mass is 9.96. The Hall–Kier alpha value is -0.730. The number of sulfonamides is 1. The molecule has 1 heterocycles. The lowest BCUT2D eigenvalue weighted by Gasteiger charge is -2.28. The lowest BCUT2D eigenvalue weighted by Crippen LogP contribution is -2.39. The molecule has 1 aliphatic carbocycles. The van der Waals surface area contributed by atoms with Crippen LogP contribution in [0.25, 0.3) is 0 Å². The molecule has 6 nitrogen and oxygen atoms in total. The van der Waals surface area contributed by atoms with Gasteiger partial charge in [-0.05, 0) is 32.4 Å². The van der Waals surface area contributed by atoms with Crippen molar-refractivity contribution in [2.45, 2.75) is 48.8 Å². The smallest absolute Gasteiger partial charge is 0.246 e. The molecular formula is C12H22N4O2S2. The van der Waals surface area contributed by atoms with Gasteiger partial charge in [0, 0.05) is 18.3 Å². The van der Waals surface area contributed by atoms with Gasteiger partial charge in [-0.15, -0.1) is 0 Å². The molecule has 0 amide bonds. The number of hydrogen-bond acceptors (Lipinski definition) is 5. The monoisotopic (exact) mass is 318 g/mol. The average molecular weight is 318 g/mol. The highest BCUT2D eigenvalue weighted by molar-refractivity contribution is 7.99. The molecule has 20 heavy (non-hydrogen) atoms. The first-order chi connectivity index (χ1) is 9.35. The molecule has 0 spiro atoms. The van der Waals surface area contributed by atoms with Gasteiger partial charge in [0.05, 0.1) is 5.69 Å². The minimum absolute atomic E-state index is 0.00907. The highest BCUT2D eigenvalue weighted by Crippen LogP contribution is 2.29. The molecule has 0 bridgehead atoms. The Bertz CT molecular complexity index is 583. The van der Waals surface area contributed by atoms with Crippen molar-refractivity contribution in [1.29, 1.82) is 0 Å². The van der Waals surface area contributed by atoms with Crippen LogP contribution in [0.5, 0.6) is 0 Å². The van der Waals surface area contributed by atoms with Gasteiger partial charge in [-0.25, -0.2) is 13.1 Å². The van der Waals surface area contributed by atoms with E-state index in [9.17, 15) is 8.42 Å². The maximum atomic E-state index is 12.5. The SMILES string of the molecule is CSC1CCCC(NS(=O)(=O)c2c(N)nn(C)c2C)C1. The molecule has 2 unspecified atom stereocenters. The summed E-state index contributed by atoms with van der Waals surface area (Å²) < 4.78 is 29.3. The number of aryl methyl sites for hydroxylation is 1. The number of nitrogens with two attached hydrogens (primary N) is 1. The maximum Gasteiger partial charge on any atom is 0.246 e. The standard InChI is InChI=1S/C12H22N4O2S2/c1-8-11(12(13)14-16(8)2)20(17,18)15-9-5-4-6-10(7-9)19-3/h9-10,15H,4-7H2,1-3H3,(H2,13,14). The summed E-state index contributed by atoms with van der Waals surface area (Å²) in [6.45, 7) is 1.71. The number of nitrogens with zero attached hydrogens (tertiary/aromatic N) is 2. The van der Waals surface area contributed by atoms with Crippen molar-refractivity contribution in [3.05, 3.63) is 5.69 Å². The zero-order valence-electron chi connectivity index (χ0n) is 12.1. The Morgan fingerprint density at radius 2 is 2.15 bits per heavy atom. The molecular weight excluding hydrogens is 296 g/mol. The molecule has 114 valence electrons. The van der Waals surface area contributed by atoms with E-state index in [4.69, 9.17) is 5.73 Å². The van der Waals surface area contributed by atoms with Crippen LogP contribution in [-0.2, 0) is 17.1 Å². The third-order valence-electron chi connectivity index (χ3n) is 3.85. The van der Waals surface area contributed by atoms with E-state index in [0.29, 0.717) is 10.9 Å². The quantitative estimate of drug-likeness (QED) is 0.872. The average Bonchev–Trinajstić information content (AvgIpc) is 2.63. The van der Waals surface area contributed by atoms with E-state index in [0.717, 1.165) is 25.7 Å². The lowest BCUT2D eigenvalue weighted by molar-refractivity contribution is 0.420. The van der Waals surface area contributed by atoms with Gasteiger partial charge >= 0.3 is 0 Å².